The zero-order valence-corrected chi connectivity index (χ0v) is 9.16. The van der Waals surface area contributed by atoms with Crippen molar-refractivity contribution in [3.63, 3.8) is 0 Å². The molecule has 0 amide bonds. The monoisotopic (exact) mass is 190 g/mol. The van der Waals surface area contributed by atoms with Crippen LogP contribution in [0, 0.1) is 11.8 Å². The van der Waals surface area contributed by atoms with Crippen molar-refractivity contribution in [3.05, 3.63) is 35.4 Å². The summed E-state index contributed by atoms with van der Waals surface area (Å²) >= 11 is 0. The quantitative estimate of drug-likeness (QED) is 0.696. The summed E-state index contributed by atoms with van der Waals surface area (Å²) < 4.78 is 5.61. The highest BCUT2D eigenvalue weighted by atomic mass is 16.5. The number of benzene rings is 1. The van der Waals surface area contributed by atoms with Crippen LogP contribution in [-0.4, -0.2) is 7.11 Å². The van der Waals surface area contributed by atoms with Gasteiger partial charge in [0.2, 0.25) is 0 Å². The molecule has 1 aliphatic rings. The van der Waals surface area contributed by atoms with Crippen molar-refractivity contribution in [2.45, 2.75) is 26.4 Å². The minimum atomic E-state index is 0.311. The van der Waals surface area contributed by atoms with Crippen molar-refractivity contribution < 1.29 is 4.74 Å². The first kappa shape index (κ1) is 9.72. The average molecular weight is 190 g/mol. The van der Waals surface area contributed by atoms with E-state index in [1.165, 1.54) is 17.5 Å². The van der Waals surface area contributed by atoms with Gasteiger partial charge >= 0.3 is 0 Å². The van der Waals surface area contributed by atoms with Gasteiger partial charge in [0.05, 0.1) is 6.10 Å². The number of fused-ring (bicyclic) bond motifs is 1. The molecule has 0 aliphatic heterocycles. The normalized spacial score (nSPS) is 25.4. The second kappa shape index (κ2) is 3.74. The summed E-state index contributed by atoms with van der Waals surface area (Å²) in [5.41, 5.74) is 2.87. The number of methoxy groups -OCH3 is 1. The predicted molar refractivity (Wildman–Crippen MR) is 58.2 cm³/mol. The van der Waals surface area contributed by atoms with E-state index in [9.17, 15) is 0 Å². The molecular formula is C13H18O. The Balaban J connectivity index is 2.34. The summed E-state index contributed by atoms with van der Waals surface area (Å²) in [5.74, 6) is 1.34. The zero-order valence-electron chi connectivity index (χ0n) is 9.16. The molecule has 1 aromatic rings. The Bertz CT molecular complexity index is 317. The molecule has 0 unspecified atom stereocenters. The van der Waals surface area contributed by atoms with E-state index >= 15 is 0 Å². The molecule has 0 aromatic heterocycles. The lowest BCUT2D eigenvalue weighted by Gasteiger charge is -2.22. The van der Waals surface area contributed by atoms with Gasteiger partial charge < -0.3 is 4.74 Å². The molecule has 0 fully saturated rings. The maximum absolute atomic E-state index is 5.61. The number of hydrogen-bond donors (Lipinski definition) is 0. The fourth-order valence-electron chi connectivity index (χ4n) is 2.48. The van der Waals surface area contributed by atoms with Crippen molar-refractivity contribution in [3.8, 4) is 0 Å². The smallest absolute Gasteiger partial charge is 0.0857 e. The minimum Gasteiger partial charge on any atom is -0.376 e. The summed E-state index contributed by atoms with van der Waals surface area (Å²) in [6.45, 7) is 4.56. The van der Waals surface area contributed by atoms with Crippen molar-refractivity contribution in [1.82, 2.24) is 0 Å². The Labute approximate surface area is 86.1 Å². The van der Waals surface area contributed by atoms with Gasteiger partial charge in [0.1, 0.15) is 0 Å². The lowest BCUT2D eigenvalue weighted by atomic mass is 9.91. The molecule has 14 heavy (non-hydrogen) atoms. The lowest BCUT2D eigenvalue weighted by molar-refractivity contribution is 0.0443. The van der Waals surface area contributed by atoms with E-state index in [0.29, 0.717) is 17.9 Å². The predicted octanol–water partition coefficient (Wildman–Crippen LogP) is 3.20. The molecule has 2 atom stereocenters. The molecule has 0 spiro atoms. The van der Waals surface area contributed by atoms with Crippen LogP contribution in [0.5, 0.6) is 0 Å². The van der Waals surface area contributed by atoms with Gasteiger partial charge in [-0.2, -0.15) is 0 Å². The molecule has 0 saturated heterocycles. The van der Waals surface area contributed by atoms with Crippen LogP contribution >= 0.6 is 0 Å². The summed E-state index contributed by atoms with van der Waals surface area (Å²) in [6, 6.07) is 8.65. The van der Waals surface area contributed by atoms with Gasteiger partial charge in [-0.1, -0.05) is 38.1 Å². The van der Waals surface area contributed by atoms with Crippen LogP contribution in [0.15, 0.2) is 24.3 Å². The van der Waals surface area contributed by atoms with Gasteiger partial charge in [0.15, 0.2) is 0 Å². The molecule has 76 valence electrons. The SMILES string of the molecule is CO[C@@H]1c2ccccc2C[C@@H]1C(C)C. The van der Waals surface area contributed by atoms with Crippen LogP contribution in [0.2, 0.25) is 0 Å². The van der Waals surface area contributed by atoms with Crippen LogP contribution in [0.25, 0.3) is 0 Å². The highest BCUT2D eigenvalue weighted by Crippen LogP contribution is 2.41. The Morgan fingerprint density at radius 1 is 1.29 bits per heavy atom. The molecular weight excluding hydrogens is 172 g/mol. The summed E-state index contributed by atoms with van der Waals surface area (Å²) in [5, 5.41) is 0. The third-order valence-corrected chi connectivity index (χ3v) is 3.32. The van der Waals surface area contributed by atoms with Gasteiger partial charge in [-0.15, -0.1) is 0 Å². The van der Waals surface area contributed by atoms with E-state index in [1.807, 2.05) is 7.11 Å². The van der Waals surface area contributed by atoms with Crippen LogP contribution < -0.4 is 0 Å². The summed E-state index contributed by atoms with van der Waals surface area (Å²) in [4.78, 5) is 0. The number of ether oxygens (including phenoxy) is 1. The van der Waals surface area contributed by atoms with E-state index < -0.39 is 0 Å². The van der Waals surface area contributed by atoms with E-state index in [-0.39, 0.29) is 0 Å². The first-order valence-corrected chi connectivity index (χ1v) is 5.34. The molecule has 1 nitrogen and oxygen atoms in total. The molecule has 0 heterocycles. The van der Waals surface area contributed by atoms with Gasteiger partial charge in [-0.3, -0.25) is 0 Å². The van der Waals surface area contributed by atoms with E-state index in [4.69, 9.17) is 4.74 Å². The molecule has 0 saturated carbocycles. The van der Waals surface area contributed by atoms with E-state index in [1.54, 1.807) is 0 Å². The van der Waals surface area contributed by atoms with Crippen molar-refractivity contribution in [2.75, 3.05) is 7.11 Å². The molecule has 1 aromatic carbocycles. The van der Waals surface area contributed by atoms with Crippen molar-refractivity contribution in [2.24, 2.45) is 11.8 Å². The van der Waals surface area contributed by atoms with Crippen LogP contribution in [-0.2, 0) is 11.2 Å². The maximum Gasteiger partial charge on any atom is 0.0857 e. The second-order valence-electron chi connectivity index (χ2n) is 4.47. The molecule has 0 radical (unpaired) electrons. The van der Waals surface area contributed by atoms with E-state index in [0.717, 1.165) is 0 Å². The summed E-state index contributed by atoms with van der Waals surface area (Å²) in [7, 11) is 1.82. The molecule has 1 heteroatoms. The fourth-order valence-corrected chi connectivity index (χ4v) is 2.48. The van der Waals surface area contributed by atoms with Gasteiger partial charge in [0.25, 0.3) is 0 Å². The van der Waals surface area contributed by atoms with E-state index in [2.05, 4.69) is 38.1 Å². The number of rotatable bonds is 2. The molecule has 0 bridgehead atoms. The number of hydrogen-bond acceptors (Lipinski definition) is 1. The summed E-state index contributed by atoms with van der Waals surface area (Å²) in [6.07, 6.45) is 1.48. The third-order valence-electron chi connectivity index (χ3n) is 3.32. The van der Waals surface area contributed by atoms with Gasteiger partial charge in [-0.25, -0.2) is 0 Å². The molecule has 1 aliphatic carbocycles. The van der Waals surface area contributed by atoms with Gasteiger partial charge in [0, 0.05) is 7.11 Å². The maximum atomic E-state index is 5.61. The lowest BCUT2D eigenvalue weighted by Crippen LogP contribution is -2.15. The van der Waals surface area contributed by atoms with Crippen LogP contribution in [0.1, 0.15) is 31.1 Å². The standard InChI is InChI=1S/C13H18O/c1-9(2)12-8-10-6-4-5-7-11(10)13(12)14-3/h4-7,9,12-13H,8H2,1-3H3/t12-,13-/m1/s1. The largest absolute Gasteiger partial charge is 0.376 e. The Morgan fingerprint density at radius 3 is 2.64 bits per heavy atom. The Morgan fingerprint density at radius 2 is 2.00 bits per heavy atom. The first-order valence-electron chi connectivity index (χ1n) is 5.34. The molecule has 0 N–H and O–H groups in total. The molecule has 2 rings (SSSR count). The topological polar surface area (TPSA) is 9.23 Å². The zero-order chi connectivity index (χ0) is 10.1. The minimum absolute atomic E-state index is 0.311. The second-order valence-corrected chi connectivity index (χ2v) is 4.47. The van der Waals surface area contributed by atoms with Crippen molar-refractivity contribution >= 4 is 0 Å². The Hall–Kier alpha value is -0.820. The van der Waals surface area contributed by atoms with Crippen LogP contribution in [0.3, 0.4) is 0 Å². The highest BCUT2D eigenvalue weighted by molar-refractivity contribution is 5.34. The van der Waals surface area contributed by atoms with Crippen LogP contribution in [0.4, 0.5) is 0 Å². The van der Waals surface area contributed by atoms with Gasteiger partial charge in [-0.05, 0) is 29.4 Å². The fraction of sp³-hybridized carbons (Fsp3) is 0.538. The van der Waals surface area contributed by atoms with Crippen molar-refractivity contribution in [1.29, 1.82) is 0 Å². The average Bonchev–Trinajstić information content (AvgIpc) is 2.56. The third kappa shape index (κ3) is 1.46. The highest BCUT2D eigenvalue weighted by Gasteiger charge is 2.33. The Kier molecular flexibility index (Phi) is 2.60. The first-order chi connectivity index (χ1) is 6.74.